The number of nitrogens with two attached hydrogens (primary N) is 1. The van der Waals surface area contributed by atoms with Gasteiger partial charge in [0.05, 0.1) is 16.1 Å². The summed E-state index contributed by atoms with van der Waals surface area (Å²) in [5.74, 6) is -0.759. The number of nitrogens with one attached hydrogen (secondary N) is 1. The van der Waals surface area contributed by atoms with E-state index < -0.39 is 11.4 Å². The molecule has 0 aromatic heterocycles. The first-order valence-electron chi connectivity index (χ1n) is 5.37. The fourth-order valence-corrected chi connectivity index (χ4v) is 2.04. The third kappa shape index (κ3) is 3.26. The number of halogens is 2. The molecule has 1 aromatic carbocycles. The first kappa shape index (κ1) is 15.0. The summed E-state index contributed by atoms with van der Waals surface area (Å²) in [5, 5.41) is 2.76. The highest BCUT2D eigenvalue weighted by Crippen LogP contribution is 2.19. The summed E-state index contributed by atoms with van der Waals surface area (Å²) in [6, 6.07) is 3.87. The van der Waals surface area contributed by atoms with Gasteiger partial charge in [-0.3, -0.25) is 4.79 Å². The van der Waals surface area contributed by atoms with Gasteiger partial charge in [-0.05, 0) is 47.5 Å². The molecule has 1 atom stereocenters. The molecule has 3 N–H and O–H groups in total. The topological polar surface area (TPSA) is 55.1 Å². The molecule has 3 nitrogen and oxygen atoms in total. The van der Waals surface area contributed by atoms with Crippen LogP contribution in [-0.2, 0) is 0 Å². The lowest BCUT2D eigenvalue weighted by Crippen LogP contribution is -2.54. The normalized spacial score (nSPS) is 13.8. The van der Waals surface area contributed by atoms with Gasteiger partial charge in [-0.2, -0.15) is 0 Å². The van der Waals surface area contributed by atoms with Gasteiger partial charge in [-0.1, -0.05) is 19.1 Å². The number of carbonyl (C=O) groups is 1. The molecule has 18 heavy (non-hydrogen) atoms. The van der Waals surface area contributed by atoms with Gasteiger partial charge in [0.1, 0.15) is 5.82 Å². The maximum Gasteiger partial charge on any atom is 0.253 e. The van der Waals surface area contributed by atoms with E-state index in [2.05, 4.69) is 21.2 Å². The molecule has 0 saturated carbocycles. The van der Waals surface area contributed by atoms with Crippen molar-refractivity contribution in [3.8, 4) is 0 Å². The summed E-state index contributed by atoms with van der Waals surface area (Å²) in [6.45, 7) is 3.63. The van der Waals surface area contributed by atoms with Gasteiger partial charge in [0.25, 0.3) is 5.91 Å². The van der Waals surface area contributed by atoms with Crippen LogP contribution in [-0.4, -0.2) is 16.4 Å². The average Bonchev–Trinajstić information content (AvgIpc) is 2.28. The molecule has 98 valence electrons. The minimum absolute atomic E-state index is 0.219. The monoisotopic (exact) mass is 332 g/mol. The number of hydrogen-bond acceptors (Lipinski definition) is 2. The van der Waals surface area contributed by atoms with Crippen molar-refractivity contribution in [3.63, 3.8) is 0 Å². The van der Waals surface area contributed by atoms with Crippen LogP contribution in [0, 0.1) is 5.82 Å². The number of amides is 1. The van der Waals surface area contributed by atoms with E-state index in [-0.39, 0.29) is 10.9 Å². The number of carbonyl (C=O) groups excluding carboxylic acids is 1. The fourth-order valence-electron chi connectivity index (χ4n) is 1.32. The van der Waals surface area contributed by atoms with Gasteiger partial charge in [-0.25, -0.2) is 4.39 Å². The second kappa shape index (κ2) is 5.75. The van der Waals surface area contributed by atoms with E-state index in [1.165, 1.54) is 18.2 Å². The minimum atomic E-state index is -0.750. The second-order valence-electron chi connectivity index (χ2n) is 4.13. The zero-order chi connectivity index (χ0) is 13.9. The lowest BCUT2D eigenvalue weighted by molar-refractivity contribution is 0.0925. The Balaban J connectivity index is 2.98. The molecule has 1 rings (SSSR count). The number of rotatable bonds is 4. The van der Waals surface area contributed by atoms with E-state index >= 15 is 0 Å². The third-order valence-electron chi connectivity index (χ3n) is 2.82. The highest BCUT2D eigenvalue weighted by Gasteiger charge is 2.28. The Kier molecular flexibility index (Phi) is 4.81. The molecule has 0 bridgehead atoms. The van der Waals surface area contributed by atoms with Crippen LogP contribution in [0.25, 0.3) is 0 Å². The summed E-state index contributed by atoms with van der Waals surface area (Å²) >= 11 is 8.09. The van der Waals surface area contributed by atoms with E-state index in [0.29, 0.717) is 16.5 Å². The van der Waals surface area contributed by atoms with Crippen LogP contribution in [0.3, 0.4) is 0 Å². The minimum Gasteiger partial charge on any atom is -0.391 e. The van der Waals surface area contributed by atoms with Crippen molar-refractivity contribution >= 4 is 39.0 Å². The molecular weight excluding hydrogens is 319 g/mol. The fraction of sp³-hybridized carbons (Fsp3) is 0.333. The first-order valence-corrected chi connectivity index (χ1v) is 6.57. The van der Waals surface area contributed by atoms with Crippen molar-refractivity contribution in [3.05, 3.63) is 34.1 Å². The van der Waals surface area contributed by atoms with E-state index in [9.17, 15) is 9.18 Å². The summed E-state index contributed by atoms with van der Waals surface area (Å²) in [4.78, 5) is 12.3. The first-order chi connectivity index (χ1) is 8.30. The quantitative estimate of drug-likeness (QED) is 0.833. The molecule has 0 aliphatic heterocycles. The van der Waals surface area contributed by atoms with Gasteiger partial charge in [0.15, 0.2) is 0 Å². The van der Waals surface area contributed by atoms with Crippen molar-refractivity contribution in [1.29, 1.82) is 0 Å². The van der Waals surface area contributed by atoms with E-state index in [0.717, 1.165) is 0 Å². The van der Waals surface area contributed by atoms with Crippen molar-refractivity contribution in [2.24, 2.45) is 5.73 Å². The molecule has 0 radical (unpaired) electrons. The molecule has 0 spiro atoms. The van der Waals surface area contributed by atoms with Crippen LogP contribution in [0.4, 0.5) is 4.39 Å². The zero-order valence-corrected chi connectivity index (χ0v) is 12.5. The highest BCUT2D eigenvalue weighted by atomic mass is 79.9. The van der Waals surface area contributed by atoms with Crippen molar-refractivity contribution < 1.29 is 9.18 Å². The van der Waals surface area contributed by atoms with Gasteiger partial charge in [0.2, 0.25) is 0 Å². The second-order valence-corrected chi connectivity index (χ2v) is 5.42. The van der Waals surface area contributed by atoms with Crippen LogP contribution in [0.15, 0.2) is 22.7 Å². The van der Waals surface area contributed by atoms with Gasteiger partial charge in [-0.15, -0.1) is 0 Å². The van der Waals surface area contributed by atoms with Gasteiger partial charge in [0, 0.05) is 4.47 Å². The van der Waals surface area contributed by atoms with Crippen molar-refractivity contribution in [2.45, 2.75) is 25.8 Å². The van der Waals surface area contributed by atoms with Crippen LogP contribution < -0.4 is 11.1 Å². The smallest absolute Gasteiger partial charge is 0.253 e. The number of hydrogen-bond donors (Lipinski definition) is 2. The maximum atomic E-state index is 12.9. The molecule has 1 unspecified atom stereocenters. The maximum absolute atomic E-state index is 12.9. The van der Waals surface area contributed by atoms with E-state index in [4.69, 9.17) is 18.0 Å². The zero-order valence-electron chi connectivity index (χ0n) is 10.1. The Morgan fingerprint density at radius 2 is 2.22 bits per heavy atom. The highest BCUT2D eigenvalue weighted by molar-refractivity contribution is 9.10. The van der Waals surface area contributed by atoms with E-state index in [1.54, 1.807) is 6.92 Å². The van der Waals surface area contributed by atoms with Gasteiger partial charge >= 0.3 is 0 Å². The summed E-state index contributed by atoms with van der Waals surface area (Å²) < 4.78 is 13.3. The SMILES string of the molecule is CCC(C)(NC(=O)c1ccc(F)cc1Br)C(N)=S. The molecule has 1 amide bonds. The predicted octanol–water partition coefficient (Wildman–Crippen LogP) is 2.77. The van der Waals surface area contributed by atoms with Crippen molar-refractivity contribution in [1.82, 2.24) is 5.32 Å². The Morgan fingerprint density at radius 3 is 2.67 bits per heavy atom. The molecule has 1 aromatic rings. The standard InChI is InChI=1S/C12H14BrFN2OS/c1-3-12(2,11(15)18)16-10(17)8-5-4-7(14)6-9(8)13/h4-6H,3H2,1-2H3,(H2,15,18)(H,16,17). The molecule has 0 fully saturated rings. The largest absolute Gasteiger partial charge is 0.391 e. The van der Waals surface area contributed by atoms with Crippen molar-refractivity contribution in [2.75, 3.05) is 0 Å². The lowest BCUT2D eigenvalue weighted by atomic mass is 9.98. The molecule has 0 aliphatic carbocycles. The van der Waals surface area contributed by atoms with Gasteiger partial charge < -0.3 is 11.1 Å². The summed E-state index contributed by atoms with van der Waals surface area (Å²) in [5.41, 5.74) is 5.21. The average molecular weight is 333 g/mol. The Bertz CT molecular complexity index is 495. The Hall–Kier alpha value is -1.01. The van der Waals surface area contributed by atoms with Crippen LogP contribution in [0.5, 0.6) is 0 Å². The Morgan fingerprint density at radius 1 is 1.61 bits per heavy atom. The number of thiocarbonyl (C=S) groups is 1. The third-order valence-corrected chi connectivity index (χ3v) is 3.92. The van der Waals surface area contributed by atoms with E-state index in [1.807, 2.05) is 6.92 Å². The summed E-state index contributed by atoms with van der Waals surface area (Å²) in [6.07, 6.45) is 0.576. The lowest BCUT2D eigenvalue weighted by Gasteiger charge is -2.28. The molecule has 0 aliphatic rings. The molecule has 0 saturated heterocycles. The number of benzene rings is 1. The summed E-state index contributed by atoms with van der Waals surface area (Å²) in [7, 11) is 0. The molecular formula is C12H14BrFN2OS. The predicted molar refractivity (Wildman–Crippen MR) is 77.0 cm³/mol. The Labute approximate surface area is 119 Å². The van der Waals surface area contributed by atoms with Crippen LogP contribution in [0.2, 0.25) is 0 Å². The molecule has 0 heterocycles. The van der Waals surface area contributed by atoms with Crippen LogP contribution >= 0.6 is 28.1 Å². The van der Waals surface area contributed by atoms with Crippen LogP contribution in [0.1, 0.15) is 30.6 Å². The molecule has 6 heteroatoms.